The highest BCUT2D eigenvalue weighted by Gasteiger charge is 2.37. The van der Waals surface area contributed by atoms with Crippen molar-refractivity contribution in [1.29, 1.82) is 0 Å². The van der Waals surface area contributed by atoms with Gasteiger partial charge in [-0.2, -0.15) is 0 Å². The number of esters is 1. The van der Waals surface area contributed by atoms with Gasteiger partial charge in [-0.3, -0.25) is 29.6 Å². The van der Waals surface area contributed by atoms with Crippen LogP contribution >= 0.6 is 0 Å². The fraction of sp³-hybridized carbons (Fsp3) is 0.333. The van der Waals surface area contributed by atoms with Gasteiger partial charge in [0.2, 0.25) is 5.91 Å². The molecule has 1 saturated heterocycles. The van der Waals surface area contributed by atoms with Crippen molar-refractivity contribution in [3.05, 3.63) is 53.1 Å². The lowest BCUT2D eigenvalue weighted by molar-refractivity contribution is -0.151. The second kappa shape index (κ2) is 10.7. The van der Waals surface area contributed by atoms with Crippen LogP contribution in [-0.2, 0) is 19.1 Å². The molecule has 10 nitrogen and oxygen atoms in total. The molecule has 0 radical (unpaired) electrons. The van der Waals surface area contributed by atoms with Crippen LogP contribution in [0.1, 0.15) is 27.9 Å². The van der Waals surface area contributed by atoms with Crippen LogP contribution in [0.25, 0.3) is 0 Å². The fourth-order valence-corrected chi connectivity index (χ4v) is 3.62. The lowest BCUT2D eigenvalue weighted by atomic mass is 10.1. The summed E-state index contributed by atoms with van der Waals surface area (Å²) in [5.74, 6) is -2.54. The smallest absolute Gasteiger partial charge is 0.311 e. The predicted molar refractivity (Wildman–Crippen MR) is 122 cm³/mol. The van der Waals surface area contributed by atoms with E-state index in [1.165, 1.54) is 14.2 Å². The molecule has 1 fully saturated rings. The van der Waals surface area contributed by atoms with Crippen LogP contribution in [0.3, 0.4) is 0 Å². The van der Waals surface area contributed by atoms with Crippen LogP contribution in [0.15, 0.2) is 36.4 Å². The van der Waals surface area contributed by atoms with E-state index in [9.17, 15) is 19.2 Å². The number of anilines is 1. The molecule has 0 unspecified atom stereocenters. The number of hydrogen-bond donors (Lipinski definition) is 2. The quantitative estimate of drug-likeness (QED) is 0.567. The van der Waals surface area contributed by atoms with Crippen molar-refractivity contribution in [2.24, 2.45) is 5.92 Å². The van der Waals surface area contributed by atoms with Crippen molar-refractivity contribution < 1.29 is 33.4 Å². The summed E-state index contributed by atoms with van der Waals surface area (Å²) in [6, 6.07) is 10.4. The van der Waals surface area contributed by atoms with Gasteiger partial charge in [-0.15, -0.1) is 0 Å². The van der Waals surface area contributed by atoms with E-state index < -0.39 is 36.2 Å². The van der Waals surface area contributed by atoms with Crippen molar-refractivity contribution in [2.75, 3.05) is 32.7 Å². The predicted octanol–water partition coefficient (Wildman–Crippen LogP) is 2.00. The molecule has 3 rings (SSSR count). The van der Waals surface area contributed by atoms with E-state index in [2.05, 4.69) is 10.7 Å². The Hall–Kier alpha value is -4.08. The maximum atomic E-state index is 12.8. The number of nitrogens with one attached hydrogen (secondary N) is 2. The summed E-state index contributed by atoms with van der Waals surface area (Å²) in [6.45, 7) is 3.24. The zero-order valence-corrected chi connectivity index (χ0v) is 19.5. The van der Waals surface area contributed by atoms with Gasteiger partial charge in [0, 0.05) is 12.1 Å². The molecule has 0 spiro atoms. The molecule has 10 heteroatoms. The van der Waals surface area contributed by atoms with Crippen molar-refractivity contribution in [3.63, 3.8) is 0 Å². The fourth-order valence-electron chi connectivity index (χ4n) is 3.62. The third-order valence-electron chi connectivity index (χ3n) is 5.35. The van der Waals surface area contributed by atoms with Crippen LogP contribution in [0.4, 0.5) is 5.69 Å². The number of nitrogens with zero attached hydrogens (tertiary/aromatic N) is 1. The minimum Gasteiger partial charge on any atom is -0.496 e. The third-order valence-corrected chi connectivity index (χ3v) is 5.35. The van der Waals surface area contributed by atoms with Crippen LogP contribution < -0.4 is 20.2 Å². The van der Waals surface area contributed by atoms with Gasteiger partial charge >= 0.3 is 5.97 Å². The number of methoxy groups -OCH3 is 2. The minimum absolute atomic E-state index is 0.0838. The highest BCUT2D eigenvalue weighted by atomic mass is 16.5. The minimum atomic E-state index is -0.818. The molecule has 180 valence electrons. The molecule has 34 heavy (non-hydrogen) atoms. The maximum Gasteiger partial charge on any atom is 0.311 e. The van der Waals surface area contributed by atoms with Crippen molar-refractivity contribution in [3.8, 4) is 11.5 Å². The first kappa shape index (κ1) is 24.6. The molecule has 1 atom stereocenters. The second-order valence-corrected chi connectivity index (χ2v) is 7.86. The Morgan fingerprint density at radius 3 is 2.35 bits per heavy atom. The first-order valence-electron chi connectivity index (χ1n) is 10.6. The lowest BCUT2D eigenvalue weighted by Gasteiger charge is -2.19. The Bertz CT molecular complexity index is 1090. The number of hydrazine groups is 1. The number of aryl methyl sites for hydroxylation is 2. The van der Waals surface area contributed by atoms with E-state index in [1.54, 1.807) is 24.3 Å². The summed E-state index contributed by atoms with van der Waals surface area (Å²) in [4.78, 5) is 49.8. The summed E-state index contributed by atoms with van der Waals surface area (Å²) < 4.78 is 15.5. The molecule has 2 aromatic rings. The van der Waals surface area contributed by atoms with Crippen molar-refractivity contribution in [2.45, 2.75) is 20.3 Å². The van der Waals surface area contributed by atoms with Gasteiger partial charge in [-0.1, -0.05) is 23.8 Å². The Balaban J connectivity index is 1.55. The number of amides is 3. The number of carbonyl (C=O) groups excluding carboxylic acids is 4. The largest absolute Gasteiger partial charge is 0.496 e. The van der Waals surface area contributed by atoms with Gasteiger partial charge in [0.1, 0.15) is 17.1 Å². The van der Waals surface area contributed by atoms with E-state index in [4.69, 9.17) is 14.2 Å². The van der Waals surface area contributed by atoms with Crippen molar-refractivity contribution >= 4 is 29.4 Å². The SMILES string of the molecule is COc1cccc(OC)c1C(=O)NN1C[C@@H](C(=O)OCC(=O)Nc2ccc(C)cc2C)CC1=O. The molecular weight excluding hydrogens is 442 g/mol. The van der Waals surface area contributed by atoms with E-state index in [-0.39, 0.29) is 30.0 Å². The first-order valence-corrected chi connectivity index (χ1v) is 10.6. The van der Waals surface area contributed by atoms with E-state index in [0.29, 0.717) is 5.69 Å². The number of carbonyl (C=O) groups is 4. The molecule has 2 aromatic carbocycles. The standard InChI is InChI=1S/C24H27N3O7/c1-14-8-9-17(15(2)10-14)25-20(28)13-34-24(31)16-11-21(29)27(12-16)26-23(30)22-18(32-3)6-5-7-19(22)33-4/h5-10,16H,11-13H2,1-4H3,(H,25,28)(H,26,30)/t16-/m0/s1. The molecular formula is C24H27N3O7. The lowest BCUT2D eigenvalue weighted by Crippen LogP contribution is -2.43. The monoisotopic (exact) mass is 469 g/mol. The normalized spacial score (nSPS) is 15.0. The summed E-state index contributed by atoms with van der Waals surface area (Å²) in [5, 5.41) is 3.74. The molecule has 1 aliphatic heterocycles. The zero-order valence-electron chi connectivity index (χ0n) is 19.5. The average Bonchev–Trinajstić information content (AvgIpc) is 3.18. The zero-order chi connectivity index (χ0) is 24.8. The molecule has 1 aliphatic rings. The van der Waals surface area contributed by atoms with Gasteiger partial charge in [0.05, 0.1) is 26.7 Å². The number of benzene rings is 2. The Morgan fingerprint density at radius 1 is 1.06 bits per heavy atom. The third kappa shape index (κ3) is 5.64. The number of ether oxygens (including phenoxy) is 3. The van der Waals surface area contributed by atoms with Gasteiger partial charge < -0.3 is 19.5 Å². The van der Waals surface area contributed by atoms with Crippen molar-refractivity contribution in [1.82, 2.24) is 10.4 Å². The number of hydrogen-bond acceptors (Lipinski definition) is 7. The second-order valence-electron chi connectivity index (χ2n) is 7.86. The highest BCUT2D eigenvalue weighted by molar-refractivity contribution is 6.01. The van der Waals surface area contributed by atoms with Crippen LogP contribution in [0, 0.1) is 19.8 Å². The topological polar surface area (TPSA) is 123 Å². The Kier molecular flexibility index (Phi) is 7.72. The van der Waals surface area contributed by atoms with E-state index in [1.807, 2.05) is 26.0 Å². The molecule has 3 amide bonds. The maximum absolute atomic E-state index is 12.8. The summed E-state index contributed by atoms with van der Waals surface area (Å²) >= 11 is 0. The summed E-state index contributed by atoms with van der Waals surface area (Å²) in [6.07, 6.45) is -0.152. The van der Waals surface area contributed by atoms with Crippen LogP contribution in [0.2, 0.25) is 0 Å². The van der Waals surface area contributed by atoms with Gasteiger partial charge in [-0.25, -0.2) is 0 Å². The van der Waals surface area contributed by atoms with Crippen LogP contribution in [0.5, 0.6) is 11.5 Å². The Morgan fingerprint density at radius 2 is 1.74 bits per heavy atom. The van der Waals surface area contributed by atoms with Gasteiger partial charge in [0.25, 0.3) is 11.8 Å². The molecule has 0 aliphatic carbocycles. The van der Waals surface area contributed by atoms with E-state index in [0.717, 1.165) is 16.1 Å². The van der Waals surface area contributed by atoms with Gasteiger partial charge in [-0.05, 0) is 37.6 Å². The highest BCUT2D eigenvalue weighted by Crippen LogP contribution is 2.28. The molecule has 0 aromatic heterocycles. The van der Waals surface area contributed by atoms with Crippen LogP contribution in [-0.4, -0.2) is 56.1 Å². The summed E-state index contributed by atoms with van der Waals surface area (Å²) in [7, 11) is 2.82. The van der Waals surface area contributed by atoms with Gasteiger partial charge in [0.15, 0.2) is 6.61 Å². The molecule has 2 N–H and O–H groups in total. The number of rotatable bonds is 8. The average molecular weight is 469 g/mol. The summed E-state index contributed by atoms with van der Waals surface area (Å²) in [5.41, 5.74) is 5.18. The molecule has 0 bridgehead atoms. The Labute approximate surface area is 197 Å². The molecule has 0 saturated carbocycles. The molecule has 1 heterocycles. The first-order chi connectivity index (χ1) is 16.2. The van der Waals surface area contributed by atoms with E-state index >= 15 is 0 Å².